The molecule has 3 aromatic rings. The fraction of sp³-hybridized carbons (Fsp3) is 0.333. The van der Waals surface area contributed by atoms with Crippen LogP contribution in [0.1, 0.15) is 11.3 Å². The maximum absolute atomic E-state index is 13.5. The zero-order valence-electron chi connectivity index (χ0n) is 21.5. The summed E-state index contributed by atoms with van der Waals surface area (Å²) in [6.45, 7) is 0.853. The van der Waals surface area contributed by atoms with Crippen molar-refractivity contribution in [3.63, 3.8) is 0 Å². The molecule has 38 heavy (non-hydrogen) atoms. The topological polar surface area (TPSA) is 93.5 Å². The third-order valence-electron chi connectivity index (χ3n) is 5.77. The first-order valence-electron chi connectivity index (χ1n) is 11.9. The van der Waals surface area contributed by atoms with Crippen LogP contribution in [0.15, 0.2) is 59.2 Å². The van der Waals surface area contributed by atoms with E-state index < -0.39 is 6.03 Å². The van der Waals surface area contributed by atoms with E-state index in [1.807, 2.05) is 18.2 Å². The van der Waals surface area contributed by atoms with E-state index in [1.54, 1.807) is 55.7 Å². The minimum atomic E-state index is -0.525. The molecule has 0 aliphatic heterocycles. The van der Waals surface area contributed by atoms with Gasteiger partial charge < -0.3 is 33.7 Å². The number of rotatable bonds is 13. The van der Waals surface area contributed by atoms with Crippen molar-refractivity contribution in [3.8, 4) is 11.5 Å². The number of carbonyl (C=O) groups excluding carboxylic acids is 2. The second-order valence-electron chi connectivity index (χ2n) is 8.28. The number of halogens is 2. The summed E-state index contributed by atoms with van der Waals surface area (Å²) in [5.74, 6) is 1.59. The number of nitrogens with one attached hydrogen (secondary N) is 1. The zero-order chi connectivity index (χ0) is 27.5. The van der Waals surface area contributed by atoms with Gasteiger partial charge in [0, 0.05) is 20.2 Å². The zero-order valence-corrected chi connectivity index (χ0v) is 23.1. The van der Waals surface area contributed by atoms with E-state index in [0.29, 0.717) is 40.3 Å². The van der Waals surface area contributed by atoms with Crippen LogP contribution in [0, 0.1) is 0 Å². The summed E-state index contributed by atoms with van der Waals surface area (Å²) in [5.41, 5.74) is 1.24. The standard InChI is InChI=1S/C27H31Cl2N3O6/c1-35-15-13-32(27(34)30-26-21(28)7-4-8-22(26)29)18-25(33)31(17-20-6-5-14-38-20)12-11-19-9-10-23(36-2)24(16-19)37-3/h4-10,14,16H,11-13,15,17-18H2,1-3H3,(H,30,34). The second-order valence-corrected chi connectivity index (χ2v) is 9.09. The van der Waals surface area contributed by atoms with Gasteiger partial charge in [0.2, 0.25) is 5.91 Å². The van der Waals surface area contributed by atoms with E-state index in [-0.39, 0.29) is 37.8 Å². The SMILES string of the molecule is COCCN(CC(=O)N(CCc1ccc(OC)c(OC)c1)Cc1ccco1)C(=O)Nc1c(Cl)cccc1Cl. The smallest absolute Gasteiger partial charge is 0.322 e. The van der Waals surface area contributed by atoms with Crippen LogP contribution in [0.25, 0.3) is 0 Å². The Bertz CT molecular complexity index is 1190. The molecule has 0 fully saturated rings. The quantitative estimate of drug-likeness (QED) is 0.301. The summed E-state index contributed by atoms with van der Waals surface area (Å²) in [6.07, 6.45) is 2.10. The van der Waals surface area contributed by atoms with Crippen LogP contribution in [-0.2, 0) is 22.5 Å². The molecule has 204 valence electrons. The molecular weight excluding hydrogens is 533 g/mol. The number of furan rings is 1. The second kappa shape index (κ2) is 14.5. The Morgan fingerprint density at radius 3 is 2.29 bits per heavy atom. The lowest BCUT2D eigenvalue weighted by atomic mass is 10.1. The molecule has 3 rings (SSSR count). The summed E-state index contributed by atoms with van der Waals surface area (Å²) in [4.78, 5) is 29.6. The summed E-state index contributed by atoms with van der Waals surface area (Å²) < 4.78 is 21.3. The predicted octanol–water partition coefficient (Wildman–Crippen LogP) is 5.36. The molecule has 0 radical (unpaired) electrons. The molecular formula is C27H31Cl2N3O6. The van der Waals surface area contributed by atoms with Crippen LogP contribution in [0.4, 0.5) is 10.5 Å². The predicted molar refractivity (Wildman–Crippen MR) is 146 cm³/mol. The number of para-hydroxylation sites is 1. The Labute approximate surface area is 232 Å². The fourth-order valence-electron chi connectivity index (χ4n) is 3.70. The number of nitrogens with zero attached hydrogens (tertiary/aromatic N) is 2. The Hall–Kier alpha value is -3.40. The molecule has 0 bridgehead atoms. The van der Waals surface area contributed by atoms with Gasteiger partial charge in [-0.2, -0.15) is 0 Å². The van der Waals surface area contributed by atoms with Crippen LogP contribution >= 0.6 is 23.2 Å². The van der Waals surface area contributed by atoms with Crippen molar-refractivity contribution < 1.29 is 28.2 Å². The highest BCUT2D eigenvalue weighted by Crippen LogP contribution is 2.30. The highest BCUT2D eigenvalue weighted by atomic mass is 35.5. The Morgan fingerprint density at radius 2 is 1.66 bits per heavy atom. The Balaban J connectivity index is 1.76. The molecule has 0 aliphatic rings. The van der Waals surface area contributed by atoms with Crippen LogP contribution in [0.3, 0.4) is 0 Å². The molecule has 0 aliphatic carbocycles. The van der Waals surface area contributed by atoms with Gasteiger partial charge in [0.25, 0.3) is 0 Å². The average Bonchev–Trinajstić information content (AvgIpc) is 3.43. The summed E-state index contributed by atoms with van der Waals surface area (Å²) in [6, 6.07) is 13.6. The monoisotopic (exact) mass is 563 g/mol. The molecule has 3 amide bonds. The Morgan fingerprint density at radius 1 is 0.921 bits per heavy atom. The first-order chi connectivity index (χ1) is 18.4. The normalized spacial score (nSPS) is 10.7. The minimum Gasteiger partial charge on any atom is -0.493 e. The lowest BCUT2D eigenvalue weighted by Gasteiger charge is -2.27. The lowest BCUT2D eigenvalue weighted by Crippen LogP contribution is -2.46. The third-order valence-corrected chi connectivity index (χ3v) is 6.40. The van der Waals surface area contributed by atoms with Gasteiger partial charge in [-0.05, 0) is 48.4 Å². The molecule has 0 saturated carbocycles. The largest absolute Gasteiger partial charge is 0.493 e. The molecule has 0 atom stereocenters. The van der Waals surface area contributed by atoms with Gasteiger partial charge in [0.1, 0.15) is 12.3 Å². The molecule has 1 heterocycles. The number of ether oxygens (including phenoxy) is 3. The van der Waals surface area contributed by atoms with Gasteiger partial charge in [0.05, 0.1) is 49.4 Å². The maximum Gasteiger partial charge on any atom is 0.322 e. The Kier molecular flexibility index (Phi) is 11.1. The van der Waals surface area contributed by atoms with Crippen molar-refractivity contribution >= 4 is 40.8 Å². The van der Waals surface area contributed by atoms with Crippen molar-refractivity contribution in [3.05, 3.63) is 76.2 Å². The number of urea groups is 1. The number of benzene rings is 2. The summed E-state index contributed by atoms with van der Waals surface area (Å²) in [5, 5.41) is 3.29. The molecule has 0 spiro atoms. The molecule has 1 N–H and O–H groups in total. The van der Waals surface area contributed by atoms with Crippen molar-refractivity contribution in [2.75, 3.05) is 52.9 Å². The van der Waals surface area contributed by atoms with Crippen LogP contribution in [0.5, 0.6) is 11.5 Å². The maximum atomic E-state index is 13.5. The lowest BCUT2D eigenvalue weighted by molar-refractivity contribution is -0.132. The summed E-state index contributed by atoms with van der Waals surface area (Å²) in [7, 11) is 4.67. The first-order valence-corrected chi connectivity index (χ1v) is 12.6. The molecule has 0 saturated heterocycles. The van der Waals surface area contributed by atoms with Gasteiger partial charge in [-0.1, -0.05) is 35.3 Å². The number of amides is 3. The highest BCUT2D eigenvalue weighted by molar-refractivity contribution is 6.39. The van der Waals surface area contributed by atoms with E-state index in [1.165, 1.54) is 12.0 Å². The van der Waals surface area contributed by atoms with E-state index >= 15 is 0 Å². The van der Waals surface area contributed by atoms with Crippen LogP contribution in [-0.4, -0.2) is 69.3 Å². The van der Waals surface area contributed by atoms with Gasteiger partial charge in [0.15, 0.2) is 11.5 Å². The van der Waals surface area contributed by atoms with Gasteiger partial charge >= 0.3 is 6.03 Å². The number of hydrogen-bond acceptors (Lipinski definition) is 6. The van der Waals surface area contributed by atoms with E-state index in [2.05, 4.69) is 5.32 Å². The molecule has 1 aromatic heterocycles. The molecule has 9 nitrogen and oxygen atoms in total. The van der Waals surface area contributed by atoms with Gasteiger partial charge in [-0.25, -0.2) is 4.79 Å². The van der Waals surface area contributed by atoms with E-state index in [9.17, 15) is 9.59 Å². The minimum absolute atomic E-state index is 0.181. The molecule has 0 unspecified atom stereocenters. The fourth-order valence-corrected chi connectivity index (χ4v) is 4.20. The van der Waals surface area contributed by atoms with Crippen molar-refractivity contribution in [2.24, 2.45) is 0 Å². The summed E-state index contributed by atoms with van der Waals surface area (Å²) >= 11 is 12.4. The van der Waals surface area contributed by atoms with Crippen LogP contribution < -0.4 is 14.8 Å². The highest BCUT2D eigenvalue weighted by Gasteiger charge is 2.23. The van der Waals surface area contributed by atoms with Crippen molar-refractivity contribution in [1.29, 1.82) is 0 Å². The number of anilines is 1. The van der Waals surface area contributed by atoms with E-state index in [4.69, 9.17) is 41.8 Å². The van der Waals surface area contributed by atoms with Crippen molar-refractivity contribution in [1.82, 2.24) is 9.80 Å². The molecule has 2 aromatic carbocycles. The van der Waals surface area contributed by atoms with E-state index in [0.717, 1.165) is 5.56 Å². The molecule has 11 heteroatoms. The van der Waals surface area contributed by atoms with Crippen molar-refractivity contribution in [2.45, 2.75) is 13.0 Å². The van der Waals surface area contributed by atoms with Gasteiger partial charge in [-0.3, -0.25) is 4.79 Å². The third kappa shape index (κ3) is 8.05. The first kappa shape index (κ1) is 29.2. The number of methoxy groups -OCH3 is 3. The van der Waals surface area contributed by atoms with Gasteiger partial charge in [-0.15, -0.1) is 0 Å². The number of hydrogen-bond donors (Lipinski definition) is 1. The number of carbonyl (C=O) groups is 2. The average molecular weight is 564 g/mol. The van der Waals surface area contributed by atoms with Crippen LogP contribution in [0.2, 0.25) is 10.0 Å².